The van der Waals surface area contributed by atoms with Gasteiger partial charge < -0.3 is 9.52 Å². The molecule has 2 heteroatoms. The van der Waals surface area contributed by atoms with Crippen LogP contribution in [0.25, 0.3) is 10.8 Å². The minimum absolute atomic E-state index is 0.254. The van der Waals surface area contributed by atoms with Crippen molar-refractivity contribution in [2.75, 3.05) is 0 Å². The molecule has 0 saturated carbocycles. The molecule has 0 bridgehead atoms. The van der Waals surface area contributed by atoms with Crippen LogP contribution in [0.3, 0.4) is 0 Å². The molecule has 50 valence electrons. The van der Waals surface area contributed by atoms with Crippen LogP contribution in [0.1, 0.15) is 0 Å². The molecule has 0 radical (unpaired) electrons. The van der Waals surface area contributed by atoms with Crippen molar-refractivity contribution in [1.29, 1.82) is 0 Å². The SMILES string of the molecule is [O-]c1occ2ccccc12. The molecule has 0 amide bonds. The fraction of sp³-hybridized carbons (Fsp3) is 0. The quantitative estimate of drug-likeness (QED) is 0.546. The fourth-order valence-corrected chi connectivity index (χ4v) is 0.966. The van der Waals surface area contributed by atoms with Crippen molar-refractivity contribution in [2.45, 2.75) is 0 Å². The van der Waals surface area contributed by atoms with Crippen LogP contribution in [-0.4, -0.2) is 0 Å². The summed E-state index contributed by atoms with van der Waals surface area (Å²) in [5, 5.41) is 12.3. The molecule has 0 fully saturated rings. The Morgan fingerprint density at radius 2 is 2.00 bits per heavy atom. The van der Waals surface area contributed by atoms with Gasteiger partial charge in [-0.2, -0.15) is 0 Å². The average Bonchev–Trinajstić information content (AvgIpc) is 2.34. The largest absolute Gasteiger partial charge is 0.586 e. The zero-order chi connectivity index (χ0) is 6.97. The highest BCUT2D eigenvalue weighted by Crippen LogP contribution is 2.22. The maximum absolute atomic E-state index is 10.8. The molecule has 0 atom stereocenters. The Morgan fingerprint density at radius 3 is 2.80 bits per heavy atom. The third-order valence-electron chi connectivity index (χ3n) is 1.47. The van der Waals surface area contributed by atoms with Crippen molar-refractivity contribution in [3.8, 4) is 5.95 Å². The summed E-state index contributed by atoms with van der Waals surface area (Å²) in [6.45, 7) is 0. The van der Waals surface area contributed by atoms with Crippen LogP contribution in [0.5, 0.6) is 5.95 Å². The van der Waals surface area contributed by atoms with Crippen LogP contribution in [0.15, 0.2) is 34.9 Å². The normalized spacial score (nSPS) is 10.4. The van der Waals surface area contributed by atoms with Gasteiger partial charge in [0.1, 0.15) is 0 Å². The number of benzene rings is 1. The van der Waals surface area contributed by atoms with Gasteiger partial charge in [0.2, 0.25) is 0 Å². The molecule has 2 nitrogen and oxygen atoms in total. The van der Waals surface area contributed by atoms with E-state index in [0.29, 0.717) is 5.39 Å². The van der Waals surface area contributed by atoms with Gasteiger partial charge in [0, 0.05) is 5.39 Å². The zero-order valence-electron chi connectivity index (χ0n) is 5.20. The number of hydrogen-bond donors (Lipinski definition) is 0. The van der Waals surface area contributed by atoms with Crippen LogP contribution in [0, 0.1) is 0 Å². The highest BCUT2D eigenvalue weighted by atomic mass is 16.5. The van der Waals surface area contributed by atoms with Crippen molar-refractivity contribution < 1.29 is 9.52 Å². The number of fused-ring (bicyclic) bond motifs is 1. The molecule has 2 rings (SSSR count). The molecule has 0 aliphatic carbocycles. The number of rotatable bonds is 0. The first kappa shape index (κ1) is 5.35. The standard InChI is InChI=1S/C8H6O2/c9-8-7-4-2-1-3-6(7)5-10-8/h1-5,9H/p-1. The van der Waals surface area contributed by atoms with Gasteiger partial charge >= 0.3 is 0 Å². The predicted octanol–water partition coefficient (Wildman–Crippen LogP) is 1.51. The van der Waals surface area contributed by atoms with E-state index in [4.69, 9.17) is 0 Å². The molecule has 0 N–H and O–H groups in total. The van der Waals surface area contributed by atoms with Gasteiger partial charge in [-0.25, -0.2) is 0 Å². The first-order valence-electron chi connectivity index (χ1n) is 3.01. The minimum Gasteiger partial charge on any atom is -0.586 e. The summed E-state index contributed by atoms with van der Waals surface area (Å²) in [5.41, 5.74) is 0. The van der Waals surface area contributed by atoms with E-state index in [1.54, 1.807) is 6.07 Å². The van der Waals surface area contributed by atoms with Crippen molar-refractivity contribution >= 4 is 10.8 Å². The van der Waals surface area contributed by atoms with E-state index in [9.17, 15) is 5.11 Å². The van der Waals surface area contributed by atoms with Crippen LogP contribution >= 0.6 is 0 Å². The van der Waals surface area contributed by atoms with Gasteiger partial charge in [0.05, 0.1) is 5.95 Å². The summed E-state index contributed by atoms with van der Waals surface area (Å²) in [6, 6.07) is 7.29. The second kappa shape index (κ2) is 1.77. The van der Waals surface area contributed by atoms with E-state index in [-0.39, 0.29) is 5.95 Å². The van der Waals surface area contributed by atoms with Gasteiger partial charge in [-0.3, -0.25) is 0 Å². The van der Waals surface area contributed by atoms with E-state index >= 15 is 0 Å². The van der Waals surface area contributed by atoms with Gasteiger partial charge in [-0.1, -0.05) is 24.3 Å². The van der Waals surface area contributed by atoms with Gasteiger partial charge in [-0.05, 0) is 11.6 Å². The van der Waals surface area contributed by atoms with Crippen molar-refractivity contribution in [1.82, 2.24) is 0 Å². The lowest BCUT2D eigenvalue weighted by atomic mass is 10.2. The first-order valence-corrected chi connectivity index (χ1v) is 3.01. The maximum Gasteiger partial charge on any atom is 0.0634 e. The van der Waals surface area contributed by atoms with Crippen molar-refractivity contribution in [2.24, 2.45) is 0 Å². The molecule has 0 unspecified atom stereocenters. The molecular weight excluding hydrogens is 128 g/mol. The predicted molar refractivity (Wildman–Crippen MR) is 35.7 cm³/mol. The topological polar surface area (TPSA) is 36.2 Å². The van der Waals surface area contributed by atoms with Crippen LogP contribution in [-0.2, 0) is 0 Å². The van der Waals surface area contributed by atoms with Gasteiger partial charge in [0.15, 0.2) is 0 Å². The summed E-state index contributed by atoms with van der Waals surface area (Å²) >= 11 is 0. The summed E-state index contributed by atoms with van der Waals surface area (Å²) in [6.07, 6.45) is 1.47. The maximum atomic E-state index is 10.8. The molecule has 1 aromatic heterocycles. The molecule has 0 saturated heterocycles. The Hall–Kier alpha value is -1.44. The van der Waals surface area contributed by atoms with Crippen molar-refractivity contribution in [3.05, 3.63) is 30.5 Å². The van der Waals surface area contributed by atoms with Gasteiger partial charge in [0.25, 0.3) is 0 Å². The third-order valence-corrected chi connectivity index (χ3v) is 1.47. The second-order valence-corrected chi connectivity index (χ2v) is 2.11. The third kappa shape index (κ3) is 0.589. The number of hydrogen-bond acceptors (Lipinski definition) is 2. The van der Waals surface area contributed by atoms with Crippen molar-refractivity contribution in [3.63, 3.8) is 0 Å². The zero-order valence-corrected chi connectivity index (χ0v) is 5.20. The molecule has 10 heavy (non-hydrogen) atoms. The molecule has 0 spiro atoms. The minimum atomic E-state index is -0.254. The lowest BCUT2D eigenvalue weighted by Crippen LogP contribution is -1.84. The molecule has 1 heterocycles. The Bertz CT molecular complexity index is 349. The Balaban J connectivity index is 2.93. The van der Waals surface area contributed by atoms with E-state index < -0.39 is 0 Å². The summed E-state index contributed by atoms with van der Waals surface area (Å²) in [5.74, 6) is -0.254. The number of furan rings is 1. The van der Waals surface area contributed by atoms with E-state index in [1.807, 2.05) is 18.2 Å². The monoisotopic (exact) mass is 133 g/mol. The molecule has 2 aromatic rings. The van der Waals surface area contributed by atoms with E-state index in [2.05, 4.69) is 4.42 Å². The Morgan fingerprint density at radius 1 is 1.20 bits per heavy atom. The van der Waals surface area contributed by atoms with Crippen LogP contribution in [0.4, 0.5) is 0 Å². The van der Waals surface area contributed by atoms with Gasteiger partial charge in [-0.15, -0.1) is 0 Å². The molecule has 0 aliphatic rings. The van der Waals surface area contributed by atoms with Crippen LogP contribution in [0.2, 0.25) is 0 Å². The first-order chi connectivity index (χ1) is 4.88. The van der Waals surface area contributed by atoms with E-state index in [0.717, 1.165) is 5.39 Å². The summed E-state index contributed by atoms with van der Waals surface area (Å²) < 4.78 is 4.66. The van der Waals surface area contributed by atoms with Crippen LogP contribution < -0.4 is 5.11 Å². The second-order valence-electron chi connectivity index (χ2n) is 2.11. The molecule has 0 aliphatic heterocycles. The van der Waals surface area contributed by atoms with E-state index in [1.165, 1.54) is 6.26 Å². The summed E-state index contributed by atoms with van der Waals surface area (Å²) in [4.78, 5) is 0. The smallest absolute Gasteiger partial charge is 0.0634 e. The lowest BCUT2D eigenvalue weighted by molar-refractivity contribution is -0.291. The molecule has 1 aromatic carbocycles. The fourth-order valence-electron chi connectivity index (χ4n) is 0.966. The highest BCUT2D eigenvalue weighted by Gasteiger charge is 1.91. The lowest BCUT2D eigenvalue weighted by Gasteiger charge is -1.91. The average molecular weight is 133 g/mol. The molecular formula is C8H5O2-. The Labute approximate surface area is 57.7 Å². The highest BCUT2D eigenvalue weighted by molar-refractivity contribution is 5.85. The Kier molecular flexibility index (Phi) is 0.947. The summed E-state index contributed by atoms with van der Waals surface area (Å²) in [7, 11) is 0.